The second-order valence-corrected chi connectivity index (χ2v) is 6.53. The number of phenolic OH excluding ortho intramolecular Hbond substituents is 1. The fraction of sp³-hybridized carbons (Fsp3) is 0.0500. The second-order valence-electron chi connectivity index (χ2n) is 6.53. The van der Waals surface area contributed by atoms with Crippen LogP contribution in [-0.2, 0) is 10.3 Å². The van der Waals surface area contributed by atoms with Crippen LogP contribution in [0, 0.1) is 0 Å². The molecule has 3 aromatic rings. The molecule has 1 unspecified atom stereocenters. The van der Waals surface area contributed by atoms with E-state index in [1.54, 1.807) is 30.3 Å². The number of ether oxygens (including phenoxy) is 2. The Morgan fingerprint density at radius 2 is 1.56 bits per heavy atom. The highest BCUT2D eigenvalue weighted by atomic mass is 16.6. The molecule has 2 aliphatic heterocycles. The normalized spacial score (nSPS) is 19.0. The van der Waals surface area contributed by atoms with E-state index in [-0.39, 0.29) is 11.2 Å². The number of phenols is 1. The summed E-state index contributed by atoms with van der Waals surface area (Å²) in [4.78, 5) is 12.6. The molecule has 0 aliphatic carbocycles. The fourth-order valence-corrected chi connectivity index (χ4v) is 3.84. The summed E-state index contributed by atoms with van der Waals surface area (Å²) in [6.07, 6.45) is 0. The first-order chi connectivity index (χ1) is 13.0. The maximum absolute atomic E-state index is 12.6. The third-order valence-electron chi connectivity index (χ3n) is 5.02. The van der Waals surface area contributed by atoms with Crippen LogP contribution < -0.4 is 10.2 Å². The molecule has 3 aromatic carbocycles. The fourth-order valence-electron chi connectivity index (χ4n) is 3.84. The number of benzene rings is 3. The average molecular weight is 360 g/mol. The summed E-state index contributed by atoms with van der Waals surface area (Å²) >= 11 is 0. The number of esters is 1. The highest BCUT2D eigenvalue weighted by Gasteiger charge is 2.53. The molecule has 2 aliphatic rings. The van der Waals surface area contributed by atoms with E-state index >= 15 is 0 Å². The molecule has 7 heteroatoms. The van der Waals surface area contributed by atoms with Gasteiger partial charge in [0.15, 0.2) is 5.60 Å². The van der Waals surface area contributed by atoms with Crippen molar-refractivity contribution in [1.82, 2.24) is 0 Å². The van der Waals surface area contributed by atoms with Crippen LogP contribution in [0.3, 0.4) is 0 Å². The highest BCUT2D eigenvalue weighted by Crippen LogP contribution is 2.56. The lowest BCUT2D eigenvalue weighted by Crippen LogP contribution is -2.35. The quantitative estimate of drug-likeness (QED) is 0.451. The van der Waals surface area contributed by atoms with Crippen molar-refractivity contribution in [3.05, 3.63) is 82.9 Å². The third-order valence-corrected chi connectivity index (χ3v) is 5.02. The van der Waals surface area contributed by atoms with Gasteiger partial charge in [-0.3, -0.25) is 0 Å². The van der Waals surface area contributed by atoms with Crippen molar-refractivity contribution in [2.75, 3.05) is 0 Å². The molecule has 6 nitrogen and oxygen atoms in total. The molecule has 0 radical (unpaired) electrons. The average Bonchev–Trinajstić information content (AvgIpc) is 2.95. The number of carbonyl (C=O) groups excluding carboxylic acids is 1. The van der Waals surface area contributed by atoms with Gasteiger partial charge in [-0.05, 0) is 29.7 Å². The maximum atomic E-state index is 12.6. The molecule has 0 aromatic heterocycles. The lowest BCUT2D eigenvalue weighted by Gasteiger charge is -2.36. The number of aromatic hydroxyl groups is 1. The van der Waals surface area contributed by atoms with Crippen molar-refractivity contribution in [3.8, 4) is 17.2 Å². The van der Waals surface area contributed by atoms with Crippen molar-refractivity contribution in [3.63, 3.8) is 0 Å². The summed E-state index contributed by atoms with van der Waals surface area (Å²) in [6.45, 7) is 0. The highest BCUT2D eigenvalue weighted by molar-refractivity contribution is 6.58. The van der Waals surface area contributed by atoms with Crippen LogP contribution >= 0.6 is 0 Å². The number of rotatable bonds is 1. The predicted molar refractivity (Wildman–Crippen MR) is 96.2 cm³/mol. The Kier molecular flexibility index (Phi) is 3.16. The Bertz CT molecular complexity index is 1110. The van der Waals surface area contributed by atoms with E-state index < -0.39 is 18.7 Å². The molecule has 0 fully saturated rings. The van der Waals surface area contributed by atoms with Crippen LogP contribution in [0.2, 0.25) is 0 Å². The molecule has 0 saturated heterocycles. The van der Waals surface area contributed by atoms with Gasteiger partial charge in [-0.1, -0.05) is 30.3 Å². The topological polar surface area (TPSA) is 96.2 Å². The van der Waals surface area contributed by atoms with Gasteiger partial charge in [-0.15, -0.1) is 0 Å². The number of fused-ring (bicyclic) bond motifs is 6. The molecule has 132 valence electrons. The van der Waals surface area contributed by atoms with Gasteiger partial charge >= 0.3 is 13.1 Å². The standard InChI is InChI=1S/C20H13BO6/c22-12-6-8-16-18(10-12)26-17-9-11(21(24)25)5-7-15(17)20(16)14-4-2-1-3-13(14)19(23)27-20/h1-10,22,24-25H. The van der Waals surface area contributed by atoms with Gasteiger partial charge in [-0.2, -0.15) is 0 Å². The number of hydrogen-bond acceptors (Lipinski definition) is 6. The first-order valence-electron chi connectivity index (χ1n) is 8.35. The minimum atomic E-state index is -1.67. The van der Waals surface area contributed by atoms with Crippen LogP contribution in [-0.4, -0.2) is 28.2 Å². The summed E-state index contributed by atoms with van der Waals surface area (Å²) in [5.74, 6) is 0.201. The van der Waals surface area contributed by atoms with Gasteiger partial charge in [0.25, 0.3) is 0 Å². The van der Waals surface area contributed by atoms with Crippen LogP contribution in [0.25, 0.3) is 0 Å². The van der Waals surface area contributed by atoms with Crippen LogP contribution in [0.5, 0.6) is 17.2 Å². The van der Waals surface area contributed by atoms with Crippen molar-refractivity contribution >= 4 is 18.6 Å². The van der Waals surface area contributed by atoms with E-state index in [2.05, 4.69) is 0 Å². The Morgan fingerprint density at radius 1 is 0.852 bits per heavy atom. The zero-order valence-electron chi connectivity index (χ0n) is 13.9. The Balaban J connectivity index is 1.86. The van der Waals surface area contributed by atoms with Crippen molar-refractivity contribution in [1.29, 1.82) is 0 Å². The molecule has 0 bridgehead atoms. The van der Waals surface area contributed by atoms with Crippen LogP contribution in [0.15, 0.2) is 60.7 Å². The number of carbonyl (C=O) groups is 1. The van der Waals surface area contributed by atoms with Gasteiger partial charge in [0.1, 0.15) is 17.2 Å². The molecular formula is C20H13BO6. The van der Waals surface area contributed by atoms with Gasteiger partial charge in [0.05, 0.1) is 5.56 Å². The summed E-state index contributed by atoms with van der Waals surface area (Å²) in [5.41, 5.74) is 1.29. The molecule has 2 heterocycles. The summed E-state index contributed by atoms with van der Waals surface area (Å²) in [6, 6.07) is 16.4. The molecule has 5 rings (SSSR count). The monoisotopic (exact) mass is 360 g/mol. The SMILES string of the molecule is O=C1OC2(c3ccc(O)cc3Oc3cc(B(O)O)ccc32)c2ccccc21. The van der Waals surface area contributed by atoms with Crippen molar-refractivity contribution < 1.29 is 29.4 Å². The lowest BCUT2D eigenvalue weighted by atomic mass is 9.74. The molecule has 27 heavy (non-hydrogen) atoms. The lowest BCUT2D eigenvalue weighted by molar-refractivity contribution is 0.0224. The molecule has 3 N–H and O–H groups in total. The molecule has 0 saturated carbocycles. The summed E-state index contributed by atoms with van der Waals surface area (Å²) in [5, 5.41) is 28.9. The van der Waals surface area contributed by atoms with Gasteiger partial charge in [-0.25, -0.2) is 4.79 Å². The Labute approximate surface area is 154 Å². The van der Waals surface area contributed by atoms with E-state index in [4.69, 9.17) is 9.47 Å². The van der Waals surface area contributed by atoms with Crippen molar-refractivity contribution in [2.24, 2.45) is 0 Å². The van der Waals surface area contributed by atoms with E-state index in [1.165, 1.54) is 18.2 Å². The largest absolute Gasteiger partial charge is 0.508 e. The first kappa shape index (κ1) is 15.9. The smallest absolute Gasteiger partial charge is 0.488 e. The van der Waals surface area contributed by atoms with Gasteiger partial charge < -0.3 is 24.6 Å². The van der Waals surface area contributed by atoms with E-state index in [9.17, 15) is 19.9 Å². The van der Waals surface area contributed by atoms with Crippen LogP contribution in [0.4, 0.5) is 0 Å². The van der Waals surface area contributed by atoms with Crippen molar-refractivity contribution in [2.45, 2.75) is 5.60 Å². The maximum Gasteiger partial charge on any atom is 0.488 e. The first-order valence-corrected chi connectivity index (χ1v) is 8.35. The molecule has 0 amide bonds. The number of hydrogen-bond donors (Lipinski definition) is 3. The molecule has 1 spiro atoms. The van der Waals surface area contributed by atoms with Crippen LogP contribution in [0.1, 0.15) is 27.0 Å². The van der Waals surface area contributed by atoms with E-state index in [0.29, 0.717) is 33.8 Å². The van der Waals surface area contributed by atoms with Gasteiger partial charge in [0.2, 0.25) is 0 Å². The summed E-state index contributed by atoms with van der Waals surface area (Å²) < 4.78 is 11.8. The zero-order valence-corrected chi connectivity index (χ0v) is 13.9. The van der Waals surface area contributed by atoms with E-state index in [0.717, 1.165) is 0 Å². The minimum absolute atomic E-state index is 0.00306. The Morgan fingerprint density at radius 3 is 2.33 bits per heavy atom. The molecule has 1 atom stereocenters. The Hall–Kier alpha value is -3.29. The third kappa shape index (κ3) is 2.06. The van der Waals surface area contributed by atoms with Gasteiger partial charge in [0, 0.05) is 22.8 Å². The minimum Gasteiger partial charge on any atom is -0.508 e. The van der Waals surface area contributed by atoms with E-state index in [1.807, 2.05) is 12.1 Å². The summed E-state index contributed by atoms with van der Waals surface area (Å²) in [7, 11) is -1.67. The molecular weight excluding hydrogens is 347 g/mol. The second kappa shape index (κ2) is 5.36. The predicted octanol–water partition coefficient (Wildman–Crippen LogP) is 1.64. The zero-order chi connectivity index (χ0) is 18.8.